The highest BCUT2D eigenvalue weighted by molar-refractivity contribution is 5.85. The van der Waals surface area contributed by atoms with Gasteiger partial charge in [0.05, 0.1) is 29.2 Å². The summed E-state index contributed by atoms with van der Waals surface area (Å²) in [6.45, 7) is -0.114. The lowest BCUT2D eigenvalue weighted by Gasteiger charge is -2.06. The van der Waals surface area contributed by atoms with Crippen molar-refractivity contribution in [2.75, 3.05) is 11.9 Å². The highest BCUT2D eigenvalue weighted by Gasteiger charge is 2.18. The van der Waals surface area contributed by atoms with Gasteiger partial charge in [0.2, 0.25) is 5.95 Å². The summed E-state index contributed by atoms with van der Waals surface area (Å²) in [4.78, 5) is 13.1. The summed E-state index contributed by atoms with van der Waals surface area (Å²) in [5.74, 6) is 0.353. The first-order valence-corrected chi connectivity index (χ1v) is 9.26. The Hall–Kier alpha value is -3.87. The van der Waals surface area contributed by atoms with E-state index in [0.29, 0.717) is 41.4 Å². The summed E-state index contributed by atoms with van der Waals surface area (Å²) >= 11 is 0. The molecular weight excluding hydrogens is 390 g/mol. The zero-order valence-electron chi connectivity index (χ0n) is 16.1. The first-order valence-electron chi connectivity index (χ1n) is 9.26. The van der Waals surface area contributed by atoms with Crippen LogP contribution in [0, 0.1) is 11.3 Å². The normalized spacial score (nSPS) is 11.2. The molecule has 10 heteroatoms. The lowest BCUT2D eigenvalue weighted by atomic mass is 10.1. The number of rotatable bonds is 7. The van der Waals surface area contributed by atoms with Crippen molar-refractivity contribution in [3.63, 3.8) is 0 Å². The minimum Gasteiger partial charge on any atom is -0.353 e. The van der Waals surface area contributed by atoms with Crippen LogP contribution in [0.15, 0.2) is 43.0 Å². The van der Waals surface area contributed by atoms with Gasteiger partial charge in [-0.3, -0.25) is 9.67 Å². The molecule has 8 nitrogen and oxygen atoms in total. The predicted molar refractivity (Wildman–Crippen MR) is 108 cm³/mol. The molecule has 0 fully saturated rings. The third-order valence-electron chi connectivity index (χ3n) is 4.55. The van der Waals surface area contributed by atoms with E-state index in [2.05, 4.69) is 25.4 Å². The number of aryl methyl sites for hydroxylation is 1. The molecule has 4 aromatic rings. The Kier molecular flexibility index (Phi) is 5.34. The number of nitrogens with one attached hydrogen (secondary N) is 1. The number of halogens is 2. The number of aromatic nitrogens is 6. The van der Waals surface area contributed by atoms with Crippen molar-refractivity contribution in [1.82, 2.24) is 29.3 Å². The fourth-order valence-corrected chi connectivity index (χ4v) is 3.15. The molecule has 0 aliphatic carbocycles. The molecule has 4 rings (SSSR count). The number of hydrogen-bond donors (Lipinski definition) is 1. The van der Waals surface area contributed by atoms with E-state index >= 15 is 0 Å². The molecule has 0 saturated heterocycles. The number of anilines is 1. The van der Waals surface area contributed by atoms with Gasteiger partial charge in [0, 0.05) is 49.5 Å². The van der Waals surface area contributed by atoms with Gasteiger partial charge in [-0.25, -0.2) is 18.7 Å². The Morgan fingerprint density at radius 3 is 2.93 bits per heavy atom. The van der Waals surface area contributed by atoms with E-state index in [0.717, 1.165) is 11.0 Å². The molecule has 30 heavy (non-hydrogen) atoms. The predicted octanol–water partition coefficient (Wildman–Crippen LogP) is 3.48. The van der Waals surface area contributed by atoms with Crippen LogP contribution in [-0.2, 0) is 13.6 Å². The molecule has 152 valence electrons. The van der Waals surface area contributed by atoms with E-state index in [1.165, 1.54) is 4.68 Å². The number of hydrogen-bond acceptors (Lipinski definition) is 6. The van der Waals surface area contributed by atoms with E-state index in [1.807, 2.05) is 36.0 Å². The second-order valence-corrected chi connectivity index (χ2v) is 6.66. The van der Waals surface area contributed by atoms with Crippen molar-refractivity contribution in [2.45, 2.75) is 19.4 Å². The summed E-state index contributed by atoms with van der Waals surface area (Å²) in [6, 6.07) is 7.56. The molecule has 0 aromatic carbocycles. The zero-order valence-corrected chi connectivity index (χ0v) is 16.1. The number of alkyl halides is 2. The van der Waals surface area contributed by atoms with Crippen LogP contribution in [0.1, 0.15) is 6.42 Å². The minimum absolute atomic E-state index is 0.313. The van der Waals surface area contributed by atoms with Crippen molar-refractivity contribution in [2.24, 2.45) is 7.05 Å². The largest absolute Gasteiger partial charge is 0.353 e. The molecule has 0 spiro atoms. The Bertz CT molecular complexity index is 1220. The number of pyridine rings is 1. The van der Waals surface area contributed by atoms with Crippen LogP contribution in [0.5, 0.6) is 0 Å². The van der Waals surface area contributed by atoms with E-state index in [-0.39, 0.29) is 0 Å². The highest BCUT2D eigenvalue weighted by Crippen LogP contribution is 2.31. The molecule has 0 bridgehead atoms. The van der Waals surface area contributed by atoms with Crippen molar-refractivity contribution in [3.8, 4) is 28.6 Å². The van der Waals surface area contributed by atoms with Crippen molar-refractivity contribution < 1.29 is 8.78 Å². The highest BCUT2D eigenvalue weighted by atomic mass is 19.3. The summed E-state index contributed by atoms with van der Waals surface area (Å²) in [5.41, 5.74) is 4.07. The van der Waals surface area contributed by atoms with Gasteiger partial charge in [-0.2, -0.15) is 10.4 Å². The fraction of sp³-hybridized carbons (Fsp3) is 0.250. The molecule has 0 unspecified atom stereocenters. The van der Waals surface area contributed by atoms with Crippen LogP contribution in [0.25, 0.3) is 33.5 Å². The standard InChI is InChI=1S/C20H18F2N8/c1-29-8-4-16-17(29)9-13(10-26-16)19-14(11-30(28-19)12-18(21)22)15-3-7-25-20(27-15)24-6-2-5-23/h3-4,7-11,18H,2,6,12H2,1H3,(H,24,25,27). The fourth-order valence-electron chi connectivity index (χ4n) is 3.15. The van der Waals surface area contributed by atoms with Gasteiger partial charge in [0.25, 0.3) is 6.43 Å². The maximum atomic E-state index is 13.0. The molecule has 4 aromatic heterocycles. The number of nitrogens with zero attached hydrogens (tertiary/aromatic N) is 7. The molecule has 0 saturated carbocycles. The Labute approximate surface area is 170 Å². The van der Waals surface area contributed by atoms with Gasteiger partial charge in [-0.05, 0) is 18.2 Å². The summed E-state index contributed by atoms with van der Waals surface area (Å²) in [6.07, 6.45) is 4.48. The van der Waals surface area contributed by atoms with Gasteiger partial charge in [-0.15, -0.1) is 0 Å². The molecule has 0 atom stereocenters. The third-order valence-corrected chi connectivity index (χ3v) is 4.55. The second kappa shape index (κ2) is 8.24. The second-order valence-electron chi connectivity index (χ2n) is 6.66. The number of fused-ring (bicyclic) bond motifs is 1. The average molecular weight is 408 g/mol. The van der Waals surface area contributed by atoms with E-state index in [9.17, 15) is 8.78 Å². The van der Waals surface area contributed by atoms with Crippen LogP contribution in [0.3, 0.4) is 0 Å². The monoisotopic (exact) mass is 408 g/mol. The van der Waals surface area contributed by atoms with Gasteiger partial charge in [0.15, 0.2) is 0 Å². The lowest BCUT2D eigenvalue weighted by molar-refractivity contribution is 0.122. The number of nitriles is 1. The average Bonchev–Trinajstić information content (AvgIpc) is 3.31. The zero-order chi connectivity index (χ0) is 21.1. The third kappa shape index (κ3) is 3.96. The maximum Gasteiger partial charge on any atom is 0.257 e. The van der Waals surface area contributed by atoms with E-state index in [4.69, 9.17) is 5.26 Å². The van der Waals surface area contributed by atoms with Crippen LogP contribution in [0.2, 0.25) is 0 Å². The summed E-state index contributed by atoms with van der Waals surface area (Å²) in [7, 11) is 1.91. The Morgan fingerprint density at radius 2 is 2.13 bits per heavy atom. The smallest absolute Gasteiger partial charge is 0.257 e. The Morgan fingerprint density at radius 1 is 1.27 bits per heavy atom. The van der Waals surface area contributed by atoms with Crippen LogP contribution in [-0.4, -0.2) is 42.3 Å². The molecular formula is C20H18F2N8. The van der Waals surface area contributed by atoms with Crippen LogP contribution >= 0.6 is 0 Å². The molecule has 0 radical (unpaired) electrons. The van der Waals surface area contributed by atoms with Crippen LogP contribution < -0.4 is 5.32 Å². The van der Waals surface area contributed by atoms with Crippen molar-refractivity contribution in [3.05, 3.63) is 43.0 Å². The molecule has 0 aliphatic rings. The van der Waals surface area contributed by atoms with Gasteiger partial charge < -0.3 is 9.88 Å². The van der Waals surface area contributed by atoms with Crippen molar-refractivity contribution >= 4 is 17.0 Å². The minimum atomic E-state index is -2.53. The Balaban J connectivity index is 1.78. The maximum absolute atomic E-state index is 13.0. The lowest BCUT2D eigenvalue weighted by Crippen LogP contribution is -2.06. The first-order chi connectivity index (χ1) is 14.5. The molecule has 0 aliphatic heterocycles. The van der Waals surface area contributed by atoms with Gasteiger partial charge in [0.1, 0.15) is 12.2 Å². The molecule has 0 amide bonds. The van der Waals surface area contributed by atoms with E-state index in [1.54, 1.807) is 24.7 Å². The van der Waals surface area contributed by atoms with Crippen molar-refractivity contribution in [1.29, 1.82) is 5.26 Å². The SMILES string of the molecule is Cn1ccc2ncc(-c3nn(CC(F)F)cc3-c3ccnc(NCCC#N)n3)cc21. The summed E-state index contributed by atoms with van der Waals surface area (Å²) in [5, 5.41) is 16.0. The topological polar surface area (TPSA) is 97.2 Å². The quantitative estimate of drug-likeness (QED) is 0.470. The van der Waals surface area contributed by atoms with Gasteiger partial charge >= 0.3 is 0 Å². The summed E-state index contributed by atoms with van der Waals surface area (Å²) < 4.78 is 29.1. The van der Waals surface area contributed by atoms with Gasteiger partial charge in [-0.1, -0.05) is 0 Å². The molecule has 1 N–H and O–H groups in total. The van der Waals surface area contributed by atoms with Crippen LogP contribution in [0.4, 0.5) is 14.7 Å². The van der Waals surface area contributed by atoms with E-state index < -0.39 is 13.0 Å². The molecule has 4 heterocycles. The first kappa shape index (κ1) is 19.4.